The monoisotopic (exact) mass is 301 g/mol. The van der Waals surface area contributed by atoms with Crippen LogP contribution in [0.1, 0.15) is 25.5 Å². The lowest BCUT2D eigenvalue weighted by Gasteiger charge is -2.34. The van der Waals surface area contributed by atoms with Gasteiger partial charge in [-0.15, -0.1) is 0 Å². The highest BCUT2D eigenvalue weighted by Crippen LogP contribution is 2.26. The number of benzene rings is 1. The Morgan fingerprint density at radius 1 is 1.31 bits per heavy atom. The second-order valence-corrected chi connectivity index (χ2v) is 7.10. The van der Waals surface area contributed by atoms with E-state index < -0.39 is 10.8 Å². The van der Waals surface area contributed by atoms with Crippen molar-refractivity contribution >= 4 is 26.7 Å². The molecular formula is C12H16BrNOS. The summed E-state index contributed by atoms with van der Waals surface area (Å²) in [6.45, 7) is 4.15. The summed E-state index contributed by atoms with van der Waals surface area (Å²) in [5.41, 5.74) is 1.22. The first-order valence-corrected chi connectivity index (χ1v) is 7.64. The molecular weight excluding hydrogens is 286 g/mol. The zero-order valence-corrected chi connectivity index (χ0v) is 11.8. The molecule has 1 aliphatic rings. The van der Waals surface area contributed by atoms with Gasteiger partial charge in [0.05, 0.1) is 5.25 Å². The fourth-order valence-corrected chi connectivity index (χ4v) is 3.77. The Labute approximate surface area is 107 Å². The van der Waals surface area contributed by atoms with E-state index in [0.29, 0.717) is 6.04 Å². The highest BCUT2D eigenvalue weighted by molar-refractivity contribution is 9.10. The van der Waals surface area contributed by atoms with Crippen molar-refractivity contribution in [3.05, 3.63) is 34.3 Å². The Morgan fingerprint density at radius 3 is 2.56 bits per heavy atom. The SMILES string of the molecule is CC1CS(=O)C(C)C(c2ccc(Br)cc2)N1. The summed E-state index contributed by atoms with van der Waals surface area (Å²) in [6, 6.07) is 8.78. The third-order valence-electron chi connectivity index (χ3n) is 2.99. The summed E-state index contributed by atoms with van der Waals surface area (Å²) in [7, 11) is -0.725. The molecule has 0 bridgehead atoms. The van der Waals surface area contributed by atoms with E-state index >= 15 is 0 Å². The molecule has 0 spiro atoms. The number of hydrogen-bond donors (Lipinski definition) is 1. The van der Waals surface area contributed by atoms with Gasteiger partial charge in [0.15, 0.2) is 0 Å². The smallest absolute Gasteiger partial charge is 0.0515 e. The average molecular weight is 302 g/mol. The lowest BCUT2D eigenvalue weighted by atomic mass is 10.0. The molecule has 2 nitrogen and oxygen atoms in total. The summed E-state index contributed by atoms with van der Waals surface area (Å²) in [4.78, 5) is 0. The molecule has 1 fully saturated rings. The summed E-state index contributed by atoms with van der Waals surface area (Å²) >= 11 is 3.43. The molecule has 0 radical (unpaired) electrons. The zero-order chi connectivity index (χ0) is 11.7. The van der Waals surface area contributed by atoms with Gasteiger partial charge in [-0.05, 0) is 31.5 Å². The molecule has 1 aromatic rings. The van der Waals surface area contributed by atoms with Crippen LogP contribution in [0, 0.1) is 0 Å². The quantitative estimate of drug-likeness (QED) is 0.864. The van der Waals surface area contributed by atoms with Gasteiger partial charge < -0.3 is 5.32 Å². The first-order valence-electron chi connectivity index (χ1n) is 5.46. The van der Waals surface area contributed by atoms with Crippen LogP contribution in [0.3, 0.4) is 0 Å². The van der Waals surface area contributed by atoms with E-state index in [4.69, 9.17) is 0 Å². The zero-order valence-electron chi connectivity index (χ0n) is 9.44. The topological polar surface area (TPSA) is 29.1 Å². The average Bonchev–Trinajstić information content (AvgIpc) is 2.25. The van der Waals surface area contributed by atoms with Gasteiger partial charge in [0.1, 0.15) is 0 Å². The van der Waals surface area contributed by atoms with Crippen LogP contribution in [0.15, 0.2) is 28.7 Å². The molecule has 1 heterocycles. The predicted molar refractivity (Wildman–Crippen MR) is 72.0 cm³/mol. The fraction of sp³-hybridized carbons (Fsp3) is 0.500. The van der Waals surface area contributed by atoms with Gasteiger partial charge in [0, 0.05) is 33.1 Å². The molecule has 4 atom stereocenters. The van der Waals surface area contributed by atoms with E-state index in [0.717, 1.165) is 10.2 Å². The van der Waals surface area contributed by atoms with Crippen molar-refractivity contribution < 1.29 is 4.21 Å². The van der Waals surface area contributed by atoms with Crippen molar-refractivity contribution in [1.29, 1.82) is 0 Å². The number of rotatable bonds is 1. The Hall–Kier alpha value is -0.190. The van der Waals surface area contributed by atoms with Crippen molar-refractivity contribution in [2.45, 2.75) is 31.2 Å². The summed E-state index contributed by atoms with van der Waals surface area (Å²) < 4.78 is 13.0. The van der Waals surface area contributed by atoms with Crippen molar-refractivity contribution in [1.82, 2.24) is 5.32 Å². The summed E-state index contributed by atoms with van der Waals surface area (Å²) in [5.74, 6) is 0.758. The highest BCUT2D eigenvalue weighted by Gasteiger charge is 2.31. The minimum atomic E-state index is -0.725. The van der Waals surface area contributed by atoms with E-state index in [-0.39, 0.29) is 11.3 Å². The van der Waals surface area contributed by atoms with Crippen LogP contribution in [0.25, 0.3) is 0 Å². The Morgan fingerprint density at radius 2 is 1.94 bits per heavy atom. The predicted octanol–water partition coefficient (Wildman–Crippen LogP) is 2.62. The first-order chi connectivity index (χ1) is 7.58. The van der Waals surface area contributed by atoms with Gasteiger partial charge in [-0.3, -0.25) is 4.21 Å². The van der Waals surface area contributed by atoms with E-state index in [2.05, 4.69) is 47.2 Å². The third kappa shape index (κ3) is 2.55. The maximum Gasteiger partial charge on any atom is 0.0515 e. The molecule has 16 heavy (non-hydrogen) atoms. The molecule has 1 aliphatic heterocycles. The molecule has 1 N–H and O–H groups in total. The van der Waals surface area contributed by atoms with Crippen LogP contribution in [0.2, 0.25) is 0 Å². The molecule has 1 aromatic carbocycles. The Kier molecular flexibility index (Phi) is 3.82. The van der Waals surface area contributed by atoms with E-state index in [1.807, 2.05) is 12.1 Å². The van der Waals surface area contributed by atoms with E-state index in [9.17, 15) is 4.21 Å². The lowest BCUT2D eigenvalue weighted by molar-refractivity contribution is 0.447. The normalized spacial score (nSPS) is 34.9. The van der Waals surface area contributed by atoms with Crippen molar-refractivity contribution in [2.24, 2.45) is 0 Å². The second-order valence-electron chi connectivity index (χ2n) is 4.35. The summed E-state index contributed by atoms with van der Waals surface area (Å²) in [5, 5.41) is 3.70. The molecule has 2 rings (SSSR count). The minimum Gasteiger partial charge on any atom is -0.305 e. The van der Waals surface area contributed by atoms with Crippen LogP contribution in [-0.4, -0.2) is 21.3 Å². The molecule has 4 heteroatoms. The van der Waals surface area contributed by atoms with Crippen LogP contribution in [0.5, 0.6) is 0 Å². The third-order valence-corrected chi connectivity index (χ3v) is 5.45. The fourth-order valence-electron chi connectivity index (χ4n) is 2.08. The first kappa shape index (κ1) is 12.3. The maximum atomic E-state index is 11.9. The molecule has 0 saturated carbocycles. The molecule has 4 unspecified atom stereocenters. The van der Waals surface area contributed by atoms with Crippen molar-refractivity contribution in [3.63, 3.8) is 0 Å². The Bertz CT molecular complexity index is 393. The molecule has 0 amide bonds. The van der Waals surface area contributed by atoms with Crippen LogP contribution in [-0.2, 0) is 10.8 Å². The van der Waals surface area contributed by atoms with Crippen molar-refractivity contribution in [3.8, 4) is 0 Å². The maximum absolute atomic E-state index is 11.9. The van der Waals surface area contributed by atoms with Gasteiger partial charge in [0.25, 0.3) is 0 Å². The van der Waals surface area contributed by atoms with E-state index in [1.165, 1.54) is 5.56 Å². The number of nitrogens with one attached hydrogen (secondary N) is 1. The van der Waals surface area contributed by atoms with E-state index in [1.54, 1.807) is 0 Å². The van der Waals surface area contributed by atoms with Crippen molar-refractivity contribution in [2.75, 3.05) is 5.75 Å². The Balaban J connectivity index is 2.25. The molecule has 0 aromatic heterocycles. The van der Waals surface area contributed by atoms with Gasteiger partial charge in [-0.2, -0.15) is 0 Å². The minimum absolute atomic E-state index is 0.178. The number of halogens is 1. The summed E-state index contributed by atoms with van der Waals surface area (Å²) in [6.07, 6.45) is 0. The van der Waals surface area contributed by atoms with Crippen LogP contribution >= 0.6 is 15.9 Å². The van der Waals surface area contributed by atoms with Gasteiger partial charge in [-0.1, -0.05) is 28.1 Å². The van der Waals surface area contributed by atoms with Gasteiger partial charge >= 0.3 is 0 Å². The second kappa shape index (κ2) is 4.98. The van der Waals surface area contributed by atoms with Gasteiger partial charge in [0.2, 0.25) is 0 Å². The highest BCUT2D eigenvalue weighted by atomic mass is 79.9. The molecule has 88 valence electrons. The van der Waals surface area contributed by atoms with Crippen LogP contribution in [0.4, 0.5) is 0 Å². The number of hydrogen-bond acceptors (Lipinski definition) is 2. The largest absolute Gasteiger partial charge is 0.305 e. The van der Waals surface area contributed by atoms with Gasteiger partial charge in [-0.25, -0.2) is 0 Å². The standard InChI is InChI=1S/C12H16BrNOS/c1-8-7-16(15)9(2)12(14-8)10-3-5-11(13)6-4-10/h3-6,8-9,12,14H,7H2,1-2H3. The lowest BCUT2D eigenvalue weighted by Crippen LogP contribution is -2.47. The molecule has 0 aliphatic carbocycles. The molecule has 1 saturated heterocycles. The van der Waals surface area contributed by atoms with Crippen LogP contribution < -0.4 is 5.32 Å².